The van der Waals surface area contributed by atoms with E-state index in [1.807, 2.05) is 34.9 Å². The first-order valence-corrected chi connectivity index (χ1v) is 10.6. The maximum Gasteiger partial charge on any atom is 0.240 e. The Morgan fingerprint density at radius 2 is 1.83 bits per heavy atom. The predicted octanol–water partition coefficient (Wildman–Crippen LogP) is 3.11. The molecule has 0 bridgehead atoms. The number of para-hydroxylation sites is 1. The van der Waals surface area contributed by atoms with Crippen LogP contribution in [0.4, 0.5) is 4.39 Å². The molecule has 2 heterocycles. The quantitative estimate of drug-likeness (QED) is 0.491. The van der Waals surface area contributed by atoms with Crippen LogP contribution in [0.1, 0.15) is 11.4 Å². The van der Waals surface area contributed by atoms with Gasteiger partial charge in [0.25, 0.3) is 0 Å². The number of nitrogens with one attached hydrogen (secondary N) is 1. The number of sulfonamides is 1. The molecule has 0 unspecified atom stereocenters. The van der Waals surface area contributed by atoms with Crippen molar-refractivity contribution in [1.29, 1.82) is 0 Å². The molecule has 2 aromatic carbocycles. The SMILES string of the molecule is COc1ccccc1Cn1c(CNS(=O)(=O)c2ccc(F)cc2)nc2cccnc21. The molecule has 7 nitrogen and oxygen atoms in total. The lowest BCUT2D eigenvalue weighted by Crippen LogP contribution is -2.25. The van der Waals surface area contributed by atoms with Crippen molar-refractivity contribution in [3.05, 3.63) is 84.1 Å². The number of benzene rings is 2. The monoisotopic (exact) mass is 426 g/mol. The first-order chi connectivity index (χ1) is 14.5. The van der Waals surface area contributed by atoms with E-state index < -0.39 is 15.8 Å². The highest BCUT2D eigenvalue weighted by Crippen LogP contribution is 2.22. The van der Waals surface area contributed by atoms with E-state index >= 15 is 0 Å². The standard InChI is InChI=1S/C21H19FN4O3S/c1-29-19-7-3-2-5-15(19)14-26-20(25-18-6-4-12-23-21(18)26)13-24-30(27,28)17-10-8-16(22)9-11-17/h2-12,24H,13-14H2,1H3. The zero-order valence-corrected chi connectivity index (χ0v) is 16.9. The number of rotatable bonds is 7. The van der Waals surface area contributed by atoms with Gasteiger partial charge in [0.1, 0.15) is 22.9 Å². The van der Waals surface area contributed by atoms with Crippen LogP contribution in [0.5, 0.6) is 5.75 Å². The van der Waals surface area contributed by atoms with Crippen LogP contribution in [0, 0.1) is 5.82 Å². The summed E-state index contributed by atoms with van der Waals surface area (Å²) in [7, 11) is -2.23. The predicted molar refractivity (Wildman–Crippen MR) is 110 cm³/mol. The van der Waals surface area contributed by atoms with Crippen LogP contribution in [0.3, 0.4) is 0 Å². The number of imidazole rings is 1. The Hall–Kier alpha value is -3.30. The largest absolute Gasteiger partial charge is 0.496 e. The number of hydrogen-bond acceptors (Lipinski definition) is 5. The molecule has 0 atom stereocenters. The van der Waals surface area contributed by atoms with Crippen LogP contribution in [0.25, 0.3) is 11.2 Å². The summed E-state index contributed by atoms with van der Waals surface area (Å²) in [6.45, 7) is 0.357. The first-order valence-electron chi connectivity index (χ1n) is 9.15. The van der Waals surface area contributed by atoms with Gasteiger partial charge in [0.15, 0.2) is 5.65 Å². The van der Waals surface area contributed by atoms with Crippen molar-refractivity contribution in [2.24, 2.45) is 0 Å². The molecule has 30 heavy (non-hydrogen) atoms. The fraction of sp³-hybridized carbons (Fsp3) is 0.143. The molecule has 0 saturated carbocycles. The molecular formula is C21H19FN4O3S. The number of fused-ring (bicyclic) bond motifs is 1. The zero-order chi connectivity index (χ0) is 21.1. The van der Waals surface area contributed by atoms with Crippen LogP contribution in [-0.4, -0.2) is 30.1 Å². The van der Waals surface area contributed by atoms with Crippen LogP contribution < -0.4 is 9.46 Å². The van der Waals surface area contributed by atoms with Crippen molar-refractivity contribution in [2.45, 2.75) is 18.0 Å². The molecule has 0 amide bonds. The molecule has 0 radical (unpaired) electrons. The van der Waals surface area contributed by atoms with Crippen molar-refractivity contribution >= 4 is 21.2 Å². The number of methoxy groups -OCH3 is 1. The Bertz CT molecular complexity index is 1290. The van der Waals surface area contributed by atoms with Crippen LogP contribution >= 0.6 is 0 Å². The molecule has 0 aliphatic carbocycles. The molecule has 4 rings (SSSR count). The first kappa shape index (κ1) is 20.0. The molecule has 0 fully saturated rings. The van der Waals surface area contributed by atoms with Gasteiger partial charge in [-0.2, -0.15) is 0 Å². The van der Waals surface area contributed by atoms with E-state index in [9.17, 15) is 12.8 Å². The van der Waals surface area contributed by atoms with E-state index in [-0.39, 0.29) is 11.4 Å². The Morgan fingerprint density at radius 3 is 2.60 bits per heavy atom. The zero-order valence-electron chi connectivity index (χ0n) is 16.1. The normalized spacial score (nSPS) is 11.7. The van der Waals surface area contributed by atoms with Gasteiger partial charge in [-0.15, -0.1) is 0 Å². The second-order valence-corrected chi connectivity index (χ2v) is 8.32. The highest BCUT2D eigenvalue weighted by atomic mass is 32.2. The minimum Gasteiger partial charge on any atom is -0.496 e. The molecule has 4 aromatic rings. The van der Waals surface area contributed by atoms with Gasteiger partial charge in [-0.1, -0.05) is 18.2 Å². The fourth-order valence-corrected chi connectivity index (χ4v) is 4.15. The highest BCUT2D eigenvalue weighted by Gasteiger charge is 2.18. The van der Waals surface area contributed by atoms with E-state index in [0.29, 0.717) is 29.3 Å². The van der Waals surface area contributed by atoms with E-state index in [1.54, 1.807) is 19.4 Å². The van der Waals surface area contributed by atoms with Gasteiger partial charge in [-0.25, -0.2) is 27.5 Å². The summed E-state index contributed by atoms with van der Waals surface area (Å²) < 4.78 is 48.1. The molecule has 0 saturated heterocycles. The van der Waals surface area contributed by atoms with E-state index in [1.165, 1.54) is 12.1 Å². The van der Waals surface area contributed by atoms with Crippen molar-refractivity contribution in [3.63, 3.8) is 0 Å². The maximum absolute atomic E-state index is 13.1. The molecule has 1 N–H and O–H groups in total. The van der Waals surface area contributed by atoms with Gasteiger partial charge in [-0.3, -0.25) is 0 Å². The second-order valence-electron chi connectivity index (χ2n) is 6.55. The van der Waals surface area contributed by atoms with Crippen molar-refractivity contribution < 1.29 is 17.5 Å². The van der Waals surface area contributed by atoms with Gasteiger partial charge >= 0.3 is 0 Å². The molecule has 0 spiro atoms. The summed E-state index contributed by atoms with van der Waals surface area (Å²) in [5.74, 6) is 0.715. The summed E-state index contributed by atoms with van der Waals surface area (Å²) in [6, 6.07) is 15.8. The molecule has 2 aromatic heterocycles. The summed E-state index contributed by atoms with van der Waals surface area (Å²) in [6.07, 6.45) is 1.66. The fourth-order valence-electron chi connectivity index (χ4n) is 3.17. The molecule has 0 aliphatic rings. The average molecular weight is 426 g/mol. The third-order valence-corrected chi connectivity index (χ3v) is 6.07. The maximum atomic E-state index is 13.1. The lowest BCUT2D eigenvalue weighted by molar-refractivity contribution is 0.408. The summed E-state index contributed by atoms with van der Waals surface area (Å²) in [5.41, 5.74) is 2.20. The van der Waals surface area contributed by atoms with Gasteiger partial charge in [0, 0.05) is 11.8 Å². The van der Waals surface area contributed by atoms with Crippen molar-refractivity contribution in [1.82, 2.24) is 19.3 Å². The Balaban J connectivity index is 1.67. The Kier molecular flexibility index (Phi) is 5.47. The summed E-state index contributed by atoms with van der Waals surface area (Å²) >= 11 is 0. The highest BCUT2D eigenvalue weighted by molar-refractivity contribution is 7.89. The smallest absolute Gasteiger partial charge is 0.240 e. The molecular weight excluding hydrogens is 407 g/mol. The van der Waals surface area contributed by atoms with Crippen molar-refractivity contribution in [3.8, 4) is 5.75 Å². The molecule has 9 heteroatoms. The third-order valence-electron chi connectivity index (χ3n) is 4.65. The number of hydrogen-bond donors (Lipinski definition) is 1. The van der Waals surface area contributed by atoms with Gasteiger partial charge in [-0.05, 0) is 42.5 Å². The molecule has 154 valence electrons. The number of pyridine rings is 1. The topological polar surface area (TPSA) is 86.1 Å². The number of aromatic nitrogens is 3. The third kappa shape index (κ3) is 4.03. The van der Waals surface area contributed by atoms with Crippen LogP contribution in [0.2, 0.25) is 0 Å². The second kappa shape index (κ2) is 8.21. The van der Waals surface area contributed by atoms with E-state index in [4.69, 9.17) is 4.74 Å². The van der Waals surface area contributed by atoms with Gasteiger partial charge < -0.3 is 9.30 Å². The number of nitrogens with zero attached hydrogens (tertiary/aromatic N) is 3. The minimum atomic E-state index is -3.83. The number of halogens is 1. The van der Waals surface area contributed by atoms with Gasteiger partial charge in [0.2, 0.25) is 10.0 Å². The Labute approximate surface area is 173 Å². The van der Waals surface area contributed by atoms with E-state index in [0.717, 1.165) is 17.7 Å². The van der Waals surface area contributed by atoms with Crippen LogP contribution in [0.15, 0.2) is 71.8 Å². The average Bonchev–Trinajstić information content (AvgIpc) is 3.10. The van der Waals surface area contributed by atoms with E-state index in [2.05, 4.69) is 14.7 Å². The molecule has 0 aliphatic heterocycles. The lowest BCUT2D eigenvalue weighted by Gasteiger charge is -2.13. The lowest BCUT2D eigenvalue weighted by atomic mass is 10.2. The minimum absolute atomic E-state index is 0.0191. The number of ether oxygens (including phenoxy) is 1. The van der Waals surface area contributed by atoms with Crippen molar-refractivity contribution in [2.75, 3.05) is 7.11 Å². The summed E-state index contributed by atoms with van der Waals surface area (Å²) in [4.78, 5) is 8.94. The van der Waals surface area contributed by atoms with Crippen LogP contribution in [-0.2, 0) is 23.1 Å². The summed E-state index contributed by atoms with van der Waals surface area (Å²) in [5, 5.41) is 0. The Morgan fingerprint density at radius 1 is 1.07 bits per heavy atom. The van der Waals surface area contributed by atoms with Gasteiger partial charge in [0.05, 0.1) is 25.1 Å².